The number of aliphatic hydroxyl groups excluding tert-OH is 1. The van der Waals surface area contributed by atoms with Gasteiger partial charge < -0.3 is 10.8 Å². The topological polar surface area (TPSA) is 59.1 Å². The van der Waals surface area contributed by atoms with Gasteiger partial charge in [0.15, 0.2) is 0 Å². The van der Waals surface area contributed by atoms with Crippen molar-refractivity contribution in [3.05, 3.63) is 16.1 Å². The van der Waals surface area contributed by atoms with Crippen molar-refractivity contribution in [2.75, 3.05) is 6.54 Å². The molecule has 102 valence electrons. The first-order chi connectivity index (χ1) is 8.61. The molecular formula is C14H24N2OS. The predicted octanol–water partition coefficient (Wildman–Crippen LogP) is 3.03. The van der Waals surface area contributed by atoms with Gasteiger partial charge in [-0.15, -0.1) is 11.3 Å². The van der Waals surface area contributed by atoms with Gasteiger partial charge in [-0.25, -0.2) is 4.98 Å². The van der Waals surface area contributed by atoms with Gasteiger partial charge in [0, 0.05) is 17.3 Å². The summed E-state index contributed by atoms with van der Waals surface area (Å²) in [5, 5.41) is 13.7. The molecule has 1 aliphatic rings. The van der Waals surface area contributed by atoms with Crippen molar-refractivity contribution < 1.29 is 5.11 Å². The van der Waals surface area contributed by atoms with Gasteiger partial charge in [-0.2, -0.15) is 0 Å². The zero-order chi connectivity index (χ0) is 13.2. The number of rotatable bonds is 4. The lowest BCUT2D eigenvalue weighted by molar-refractivity contribution is -0.0184. The summed E-state index contributed by atoms with van der Waals surface area (Å²) < 4.78 is 0. The number of thiazole rings is 1. The van der Waals surface area contributed by atoms with E-state index in [9.17, 15) is 5.11 Å². The summed E-state index contributed by atoms with van der Waals surface area (Å²) in [5.74, 6) is 0.705. The summed E-state index contributed by atoms with van der Waals surface area (Å²) in [6.07, 6.45) is 5.21. The molecule has 0 aromatic carbocycles. The lowest BCUT2D eigenvalue weighted by Crippen LogP contribution is -2.41. The summed E-state index contributed by atoms with van der Waals surface area (Å²) in [6.45, 7) is 4.77. The van der Waals surface area contributed by atoms with Gasteiger partial charge in [0.2, 0.25) is 0 Å². The first kappa shape index (κ1) is 14.0. The van der Waals surface area contributed by atoms with Gasteiger partial charge >= 0.3 is 0 Å². The van der Waals surface area contributed by atoms with Gasteiger partial charge in [0.25, 0.3) is 0 Å². The highest BCUT2D eigenvalue weighted by molar-refractivity contribution is 7.09. The van der Waals surface area contributed by atoms with E-state index in [-0.39, 0.29) is 5.41 Å². The Bertz CT molecular complexity index is 393. The van der Waals surface area contributed by atoms with E-state index in [1.165, 1.54) is 19.3 Å². The average Bonchev–Trinajstić information content (AvgIpc) is 2.84. The van der Waals surface area contributed by atoms with Crippen LogP contribution in [0.2, 0.25) is 0 Å². The van der Waals surface area contributed by atoms with E-state index >= 15 is 0 Å². The average molecular weight is 268 g/mol. The van der Waals surface area contributed by atoms with Gasteiger partial charge in [0.1, 0.15) is 6.10 Å². The maximum atomic E-state index is 10.7. The van der Waals surface area contributed by atoms with Crippen molar-refractivity contribution in [1.29, 1.82) is 0 Å². The second-order valence-corrected chi connectivity index (χ2v) is 6.69. The molecule has 3 N–H and O–H groups in total. The third-order valence-electron chi connectivity index (χ3n) is 4.46. The van der Waals surface area contributed by atoms with Crippen LogP contribution in [0.4, 0.5) is 0 Å². The van der Waals surface area contributed by atoms with E-state index in [2.05, 4.69) is 11.9 Å². The van der Waals surface area contributed by atoms with Crippen LogP contribution in [0.25, 0.3) is 0 Å². The summed E-state index contributed by atoms with van der Waals surface area (Å²) in [5.41, 5.74) is 6.68. The Morgan fingerprint density at radius 2 is 2.44 bits per heavy atom. The van der Waals surface area contributed by atoms with Crippen LogP contribution < -0.4 is 5.73 Å². The standard InChI is InChI=1S/C14H24N2OS/c1-3-11-5-4-6-14(7-11,9-15)13(17)12-8-18-10(2)16-12/h8,11,13,17H,3-7,9,15H2,1-2H3. The Hall–Kier alpha value is -0.450. The smallest absolute Gasteiger partial charge is 0.104 e. The molecule has 0 bridgehead atoms. The molecule has 0 aliphatic heterocycles. The molecule has 0 spiro atoms. The number of nitrogens with two attached hydrogens (primary N) is 1. The summed E-state index contributed by atoms with van der Waals surface area (Å²) in [4.78, 5) is 4.44. The normalized spacial score (nSPS) is 30.3. The molecule has 18 heavy (non-hydrogen) atoms. The number of aryl methyl sites for hydroxylation is 1. The first-order valence-corrected chi connectivity index (χ1v) is 7.79. The molecule has 1 aliphatic carbocycles. The highest BCUT2D eigenvalue weighted by Crippen LogP contribution is 2.48. The Balaban J connectivity index is 2.20. The number of aliphatic hydroxyl groups is 1. The third kappa shape index (κ3) is 2.60. The van der Waals surface area contributed by atoms with Crippen molar-refractivity contribution in [2.24, 2.45) is 17.1 Å². The van der Waals surface area contributed by atoms with Gasteiger partial charge in [-0.05, 0) is 25.7 Å². The van der Waals surface area contributed by atoms with Crippen LogP contribution in [-0.2, 0) is 0 Å². The van der Waals surface area contributed by atoms with Crippen LogP contribution in [0.3, 0.4) is 0 Å². The Kier molecular flexibility index (Phi) is 4.41. The van der Waals surface area contributed by atoms with Crippen molar-refractivity contribution >= 4 is 11.3 Å². The molecule has 3 unspecified atom stereocenters. The minimum absolute atomic E-state index is 0.153. The monoisotopic (exact) mass is 268 g/mol. The molecule has 2 rings (SSSR count). The molecule has 3 atom stereocenters. The van der Waals surface area contributed by atoms with Crippen LogP contribution >= 0.6 is 11.3 Å². The first-order valence-electron chi connectivity index (χ1n) is 6.91. The highest BCUT2D eigenvalue weighted by Gasteiger charge is 2.42. The summed E-state index contributed by atoms with van der Waals surface area (Å²) in [7, 11) is 0. The van der Waals surface area contributed by atoms with E-state index in [4.69, 9.17) is 5.73 Å². The lowest BCUT2D eigenvalue weighted by Gasteiger charge is -2.43. The molecule has 1 aromatic rings. The van der Waals surface area contributed by atoms with Gasteiger partial charge in [-0.3, -0.25) is 0 Å². The molecular weight excluding hydrogens is 244 g/mol. The van der Waals surface area contributed by atoms with Gasteiger partial charge in [0.05, 0.1) is 10.7 Å². The van der Waals surface area contributed by atoms with E-state index < -0.39 is 6.10 Å². The van der Waals surface area contributed by atoms with Crippen LogP contribution in [0.1, 0.15) is 55.8 Å². The number of nitrogens with zero attached hydrogens (tertiary/aromatic N) is 1. The van der Waals surface area contributed by atoms with E-state index in [0.29, 0.717) is 12.5 Å². The minimum Gasteiger partial charge on any atom is -0.386 e. The fourth-order valence-corrected chi connectivity index (χ4v) is 3.87. The number of aromatic nitrogens is 1. The van der Waals surface area contributed by atoms with Crippen molar-refractivity contribution in [2.45, 2.75) is 52.1 Å². The van der Waals surface area contributed by atoms with Crippen LogP contribution in [0.5, 0.6) is 0 Å². The van der Waals surface area contributed by atoms with Crippen molar-refractivity contribution in [1.82, 2.24) is 4.98 Å². The second-order valence-electron chi connectivity index (χ2n) is 5.63. The summed E-state index contributed by atoms with van der Waals surface area (Å²) >= 11 is 1.60. The molecule has 0 radical (unpaired) electrons. The van der Waals surface area contributed by atoms with E-state index in [1.807, 2.05) is 12.3 Å². The number of hydrogen-bond acceptors (Lipinski definition) is 4. The molecule has 1 heterocycles. The third-order valence-corrected chi connectivity index (χ3v) is 5.25. The maximum Gasteiger partial charge on any atom is 0.104 e. The lowest BCUT2D eigenvalue weighted by atomic mass is 9.65. The predicted molar refractivity (Wildman–Crippen MR) is 75.5 cm³/mol. The molecule has 1 saturated carbocycles. The SMILES string of the molecule is CCC1CCCC(CN)(C(O)c2csc(C)n2)C1. The number of hydrogen-bond donors (Lipinski definition) is 2. The van der Waals surface area contributed by atoms with Crippen LogP contribution in [0.15, 0.2) is 5.38 Å². The molecule has 0 saturated heterocycles. The molecule has 4 heteroatoms. The fraction of sp³-hybridized carbons (Fsp3) is 0.786. The zero-order valence-electron chi connectivity index (χ0n) is 11.4. The van der Waals surface area contributed by atoms with Crippen molar-refractivity contribution in [3.63, 3.8) is 0 Å². The van der Waals surface area contributed by atoms with Crippen LogP contribution in [-0.4, -0.2) is 16.6 Å². The van der Waals surface area contributed by atoms with Crippen molar-refractivity contribution in [3.8, 4) is 0 Å². The highest BCUT2D eigenvalue weighted by atomic mass is 32.1. The maximum absolute atomic E-state index is 10.7. The molecule has 1 aromatic heterocycles. The molecule has 0 amide bonds. The summed E-state index contributed by atoms with van der Waals surface area (Å²) in [6, 6.07) is 0. The molecule has 3 nitrogen and oxygen atoms in total. The Morgan fingerprint density at radius 1 is 1.67 bits per heavy atom. The second kappa shape index (κ2) is 5.68. The quantitative estimate of drug-likeness (QED) is 0.882. The van der Waals surface area contributed by atoms with Gasteiger partial charge in [-0.1, -0.05) is 26.2 Å². The Morgan fingerprint density at radius 3 is 3.00 bits per heavy atom. The fourth-order valence-electron chi connectivity index (χ4n) is 3.24. The largest absolute Gasteiger partial charge is 0.386 e. The Labute approximate surface area is 113 Å². The minimum atomic E-state index is -0.498. The van der Waals surface area contributed by atoms with E-state index in [0.717, 1.165) is 23.5 Å². The van der Waals surface area contributed by atoms with E-state index in [1.54, 1.807) is 11.3 Å². The van der Waals surface area contributed by atoms with Crippen LogP contribution in [0, 0.1) is 18.3 Å². The zero-order valence-corrected chi connectivity index (χ0v) is 12.2. The molecule has 1 fully saturated rings.